The van der Waals surface area contributed by atoms with E-state index in [1.54, 1.807) is 20.4 Å². The average Bonchev–Trinajstić information content (AvgIpc) is 2.47. The third kappa shape index (κ3) is 2.96. The monoisotopic (exact) mass is 323 g/mol. The van der Waals surface area contributed by atoms with E-state index in [1.807, 2.05) is 36.2 Å². The molecule has 6 heteroatoms. The van der Waals surface area contributed by atoms with Gasteiger partial charge >= 0.3 is 0 Å². The average molecular weight is 324 g/mol. The highest BCUT2D eigenvalue weighted by Gasteiger charge is 2.11. The Morgan fingerprint density at radius 1 is 1.21 bits per heavy atom. The van der Waals surface area contributed by atoms with Crippen molar-refractivity contribution in [2.45, 2.75) is 0 Å². The van der Waals surface area contributed by atoms with Gasteiger partial charge in [-0.25, -0.2) is 4.98 Å². The Morgan fingerprint density at radius 3 is 2.68 bits per heavy atom. The molecule has 0 bridgehead atoms. The zero-order valence-electron chi connectivity index (χ0n) is 10.9. The van der Waals surface area contributed by atoms with Crippen LogP contribution in [-0.2, 0) is 0 Å². The smallest absolute Gasteiger partial charge is 0.232 e. The summed E-state index contributed by atoms with van der Waals surface area (Å²) in [5.41, 5.74) is 0.934. The molecule has 0 atom stereocenters. The first-order chi connectivity index (χ1) is 9.15. The molecule has 0 N–H and O–H groups in total. The summed E-state index contributed by atoms with van der Waals surface area (Å²) in [5, 5.41) is 0. The molecule has 0 amide bonds. The third-order valence-corrected chi connectivity index (χ3v) is 3.18. The molecular weight excluding hydrogens is 310 g/mol. The number of anilines is 2. The third-order valence-electron chi connectivity index (χ3n) is 2.63. The lowest BCUT2D eigenvalue weighted by molar-refractivity contribution is 0.394. The van der Waals surface area contributed by atoms with Crippen LogP contribution in [0.3, 0.4) is 0 Å². The number of ether oxygens (including phenoxy) is 2. The van der Waals surface area contributed by atoms with Crippen LogP contribution in [0.25, 0.3) is 0 Å². The second-order valence-electron chi connectivity index (χ2n) is 3.79. The maximum absolute atomic E-state index is 5.21. The van der Waals surface area contributed by atoms with E-state index < -0.39 is 0 Å². The first-order valence-electron chi connectivity index (χ1n) is 5.60. The van der Waals surface area contributed by atoms with Crippen molar-refractivity contribution < 1.29 is 9.47 Å². The van der Waals surface area contributed by atoms with Crippen molar-refractivity contribution >= 4 is 27.6 Å². The van der Waals surface area contributed by atoms with Gasteiger partial charge in [-0.2, -0.15) is 4.98 Å². The van der Waals surface area contributed by atoms with Crippen LogP contribution in [0.5, 0.6) is 11.6 Å². The predicted octanol–water partition coefficient (Wildman–Crippen LogP) is 3.02. The van der Waals surface area contributed by atoms with E-state index >= 15 is 0 Å². The number of hydrogen-bond donors (Lipinski definition) is 0. The minimum Gasteiger partial charge on any atom is -0.497 e. The van der Waals surface area contributed by atoms with E-state index in [0.29, 0.717) is 11.8 Å². The zero-order valence-corrected chi connectivity index (χ0v) is 12.5. The molecule has 19 heavy (non-hydrogen) atoms. The topological polar surface area (TPSA) is 47.5 Å². The Labute approximate surface area is 120 Å². The molecule has 0 saturated carbocycles. The number of hydrogen-bond acceptors (Lipinski definition) is 5. The van der Waals surface area contributed by atoms with Crippen molar-refractivity contribution in [1.82, 2.24) is 9.97 Å². The first kappa shape index (κ1) is 13.6. The van der Waals surface area contributed by atoms with Crippen molar-refractivity contribution in [3.05, 3.63) is 34.9 Å². The standard InChI is InChI=1S/C13H14BrN3O2/c1-17(9-5-4-6-10(7-9)18-2)13-15-8-11(14)12(16-13)19-3/h4-8H,1-3H3. The van der Waals surface area contributed by atoms with E-state index in [0.717, 1.165) is 15.9 Å². The summed E-state index contributed by atoms with van der Waals surface area (Å²) in [6.07, 6.45) is 1.66. The van der Waals surface area contributed by atoms with Gasteiger partial charge in [0.15, 0.2) is 0 Å². The van der Waals surface area contributed by atoms with Crippen LogP contribution < -0.4 is 14.4 Å². The van der Waals surface area contributed by atoms with Crippen molar-refractivity contribution in [2.24, 2.45) is 0 Å². The van der Waals surface area contributed by atoms with Crippen LogP contribution in [0, 0.1) is 0 Å². The summed E-state index contributed by atoms with van der Waals surface area (Å²) >= 11 is 3.33. The molecule has 1 aromatic carbocycles. The van der Waals surface area contributed by atoms with Gasteiger partial charge in [0, 0.05) is 18.8 Å². The lowest BCUT2D eigenvalue weighted by atomic mass is 10.3. The predicted molar refractivity (Wildman–Crippen MR) is 77.3 cm³/mol. The number of halogens is 1. The molecular formula is C13H14BrN3O2. The molecule has 0 saturated heterocycles. The molecule has 0 fully saturated rings. The summed E-state index contributed by atoms with van der Waals surface area (Å²) in [4.78, 5) is 10.5. The number of methoxy groups -OCH3 is 2. The van der Waals surface area contributed by atoms with Gasteiger partial charge in [-0.3, -0.25) is 0 Å². The van der Waals surface area contributed by atoms with Gasteiger partial charge < -0.3 is 14.4 Å². The molecule has 2 rings (SSSR count). The highest BCUT2D eigenvalue weighted by molar-refractivity contribution is 9.10. The number of rotatable bonds is 4. The molecule has 0 radical (unpaired) electrons. The Hall–Kier alpha value is -1.82. The fourth-order valence-electron chi connectivity index (χ4n) is 1.58. The summed E-state index contributed by atoms with van der Waals surface area (Å²) in [6.45, 7) is 0. The molecule has 0 aliphatic heterocycles. The molecule has 5 nitrogen and oxygen atoms in total. The highest BCUT2D eigenvalue weighted by Crippen LogP contribution is 2.28. The SMILES string of the molecule is COc1cccc(N(C)c2ncc(Br)c(OC)n2)c1. The Bertz CT molecular complexity index is 578. The molecule has 0 unspecified atom stereocenters. The summed E-state index contributed by atoms with van der Waals surface area (Å²) in [7, 11) is 5.10. The number of nitrogens with zero attached hydrogens (tertiary/aromatic N) is 3. The number of aromatic nitrogens is 2. The molecule has 0 spiro atoms. The first-order valence-corrected chi connectivity index (χ1v) is 6.39. The quantitative estimate of drug-likeness (QED) is 0.865. The van der Waals surface area contributed by atoms with E-state index in [4.69, 9.17) is 9.47 Å². The van der Waals surface area contributed by atoms with Crippen molar-refractivity contribution in [3.8, 4) is 11.6 Å². The Balaban J connectivity index is 2.35. The van der Waals surface area contributed by atoms with E-state index in [-0.39, 0.29) is 0 Å². The largest absolute Gasteiger partial charge is 0.497 e. The summed E-state index contributed by atoms with van der Waals surface area (Å²) < 4.78 is 11.1. The second-order valence-corrected chi connectivity index (χ2v) is 4.64. The zero-order chi connectivity index (χ0) is 13.8. The minimum atomic E-state index is 0.500. The van der Waals surface area contributed by atoms with E-state index in [2.05, 4.69) is 25.9 Å². The summed E-state index contributed by atoms with van der Waals surface area (Å²) in [5.74, 6) is 1.83. The van der Waals surface area contributed by atoms with Crippen LogP contribution in [0.1, 0.15) is 0 Å². The van der Waals surface area contributed by atoms with Gasteiger partial charge in [0.1, 0.15) is 5.75 Å². The summed E-state index contributed by atoms with van der Waals surface area (Å²) in [6, 6.07) is 7.68. The van der Waals surface area contributed by atoms with Crippen LogP contribution >= 0.6 is 15.9 Å². The molecule has 100 valence electrons. The number of benzene rings is 1. The van der Waals surface area contributed by atoms with Gasteiger partial charge in [0.25, 0.3) is 0 Å². The van der Waals surface area contributed by atoms with Gasteiger partial charge in [0.05, 0.1) is 24.9 Å². The Kier molecular flexibility index (Phi) is 4.21. The van der Waals surface area contributed by atoms with Crippen LogP contribution in [0.2, 0.25) is 0 Å². The van der Waals surface area contributed by atoms with Crippen LogP contribution in [0.15, 0.2) is 34.9 Å². The van der Waals surface area contributed by atoms with E-state index in [9.17, 15) is 0 Å². The minimum absolute atomic E-state index is 0.500. The van der Waals surface area contributed by atoms with Crippen molar-refractivity contribution in [2.75, 3.05) is 26.2 Å². The van der Waals surface area contributed by atoms with Gasteiger partial charge in [-0.05, 0) is 28.1 Å². The molecule has 0 aliphatic carbocycles. The van der Waals surface area contributed by atoms with Gasteiger partial charge in [-0.1, -0.05) is 6.07 Å². The Morgan fingerprint density at radius 2 is 2.00 bits per heavy atom. The lowest BCUT2D eigenvalue weighted by Crippen LogP contribution is -2.13. The van der Waals surface area contributed by atoms with Gasteiger partial charge in [0.2, 0.25) is 11.8 Å². The maximum atomic E-state index is 5.21. The second kappa shape index (κ2) is 5.88. The fraction of sp³-hybridized carbons (Fsp3) is 0.231. The fourth-order valence-corrected chi connectivity index (χ4v) is 1.93. The molecule has 1 heterocycles. The van der Waals surface area contributed by atoms with Crippen molar-refractivity contribution in [3.63, 3.8) is 0 Å². The maximum Gasteiger partial charge on any atom is 0.232 e. The van der Waals surface area contributed by atoms with Crippen LogP contribution in [-0.4, -0.2) is 31.2 Å². The lowest BCUT2D eigenvalue weighted by Gasteiger charge is -2.18. The van der Waals surface area contributed by atoms with Crippen molar-refractivity contribution in [1.29, 1.82) is 0 Å². The van der Waals surface area contributed by atoms with Crippen LogP contribution in [0.4, 0.5) is 11.6 Å². The molecule has 2 aromatic rings. The molecule has 0 aliphatic rings. The molecule has 1 aromatic heterocycles. The normalized spacial score (nSPS) is 10.1. The van der Waals surface area contributed by atoms with Gasteiger partial charge in [-0.15, -0.1) is 0 Å². The highest BCUT2D eigenvalue weighted by atomic mass is 79.9. The van der Waals surface area contributed by atoms with E-state index in [1.165, 1.54) is 0 Å².